The molecule has 0 unspecified atom stereocenters. The van der Waals surface area contributed by atoms with E-state index in [1.54, 1.807) is 18.2 Å². The molecule has 26 heavy (non-hydrogen) atoms. The van der Waals surface area contributed by atoms with Crippen molar-refractivity contribution in [3.05, 3.63) is 65.2 Å². The number of ether oxygens (including phenoxy) is 1. The zero-order chi connectivity index (χ0) is 18.9. The molecule has 3 rings (SSSR count). The number of carbonyl (C=O) groups is 1. The monoisotopic (exact) mass is 362 g/mol. The van der Waals surface area contributed by atoms with Crippen molar-refractivity contribution >= 4 is 22.6 Å². The number of amides is 1. The van der Waals surface area contributed by atoms with Crippen LogP contribution in [0.1, 0.15) is 15.9 Å². The molecule has 0 spiro atoms. The van der Waals surface area contributed by atoms with Gasteiger partial charge in [-0.25, -0.2) is 4.99 Å². The maximum atomic E-state index is 13.2. The molecule has 0 saturated heterocycles. The summed E-state index contributed by atoms with van der Waals surface area (Å²) in [4.78, 5) is 15.7. The number of primary amides is 1. The Morgan fingerprint density at radius 3 is 2.54 bits per heavy atom. The Hall–Kier alpha value is -3.29. The second-order valence-corrected chi connectivity index (χ2v) is 5.33. The van der Waals surface area contributed by atoms with Crippen molar-refractivity contribution < 1.29 is 27.1 Å². The van der Waals surface area contributed by atoms with Crippen LogP contribution in [0.15, 0.2) is 57.9 Å². The number of halogens is 3. The number of hydrogen-bond acceptors (Lipinski definition) is 4. The quantitative estimate of drug-likeness (QED) is 0.770. The van der Waals surface area contributed by atoms with Crippen LogP contribution in [-0.4, -0.2) is 13.0 Å². The van der Waals surface area contributed by atoms with E-state index in [4.69, 9.17) is 14.9 Å². The smallest absolute Gasteiger partial charge is 0.418 e. The molecule has 0 aliphatic heterocycles. The van der Waals surface area contributed by atoms with Crippen molar-refractivity contribution in [2.75, 3.05) is 7.11 Å². The summed E-state index contributed by atoms with van der Waals surface area (Å²) in [5.74, 6) is -0.527. The van der Waals surface area contributed by atoms with Crippen LogP contribution in [-0.2, 0) is 6.18 Å². The summed E-state index contributed by atoms with van der Waals surface area (Å²) in [6.45, 7) is 0. The second-order valence-electron chi connectivity index (χ2n) is 5.33. The van der Waals surface area contributed by atoms with Gasteiger partial charge >= 0.3 is 6.18 Å². The average Bonchev–Trinajstić information content (AvgIpc) is 2.60. The van der Waals surface area contributed by atoms with E-state index < -0.39 is 17.6 Å². The molecule has 0 atom stereocenters. The fourth-order valence-electron chi connectivity index (χ4n) is 2.47. The van der Waals surface area contributed by atoms with Gasteiger partial charge in [-0.05, 0) is 24.3 Å². The molecule has 1 aromatic heterocycles. The van der Waals surface area contributed by atoms with Gasteiger partial charge in [0.05, 0.1) is 18.4 Å². The number of benzene rings is 2. The normalized spacial score (nSPS) is 12.4. The largest absolute Gasteiger partial charge is 0.493 e. The molecular formula is C18H13F3N2O3. The van der Waals surface area contributed by atoms with Crippen LogP contribution in [0.3, 0.4) is 0 Å². The van der Waals surface area contributed by atoms with Gasteiger partial charge in [0, 0.05) is 5.39 Å². The van der Waals surface area contributed by atoms with E-state index in [0.29, 0.717) is 11.1 Å². The summed E-state index contributed by atoms with van der Waals surface area (Å²) < 4.78 is 50.3. The van der Waals surface area contributed by atoms with Gasteiger partial charge in [-0.2, -0.15) is 13.2 Å². The predicted octanol–water partition coefficient (Wildman–Crippen LogP) is 3.79. The van der Waals surface area contributed by atoms with E-state index in [0.717, 1.165) is 6.07 Å². The maximum Gasteiger partial charge on any atom is 0.418 e. The molecule has 0 radical (unpaired) electrons. The lowest BCUT2D eigenvalue weighted by Gasteiger charge is -2.09. The van der Waals surface area contributed by atoms with Gasteiger partial charge in [0.25, 0.3) is 5.91 Å². The molecule has 2 aromatic carbocycles. The first-order chi connectivity index (χ1) is 12.3. The molecule has 0 saturated carbocycles. The highest BCUT2D eigenvalue weighted by atomic mass is 19.4. The summed E-state index contributed by atoms with van der Waals surface area (Å²) in [5.41, 5.74) is 3.77. The molecule has 8 heteroatoms. The molecule has 1 amide bonds. The van der Waals surface area contributed by atoms with Gasteiger partial charge in [-0.3, -0.25) is 4.79 Å². The van der Waals surface area contributed by atoms with Crippen LogP contribution in [0.5, 0.6) is 5.75 Å². The standard InChI is InChI=1S/C18H13F3N2O3/c1-25-14-8-4-5-10-9-11(16(22)24)17(26-15(10)14)23-13-7-3-2-6-12(13)18(19,20)21/h2-9H,1H3,(H2,22,24). The number of alkyl halides is 3. The average molecular weight is 362 g/mol. The molecule has 5 nitrogen and oxygen atoms in total. The van der Waals surface area contributed by atoms with Gasteiger partial charge < -0.3 is 14.9 Å². The van der Waals surface area contributed by atoms with Gasteiger partial charge in [0.1, 0.15) is 5.56 Å². The highest BCUT2D eigenvalue weighted by molar-refractivity contribution is 5.96. The number of rotatable bonds is 3. The summed E-state index contributed by atoms with van der Waals surface area (Å²) in [7, 11) is 1.42. The number of fused-ring (bicyclic) bond motifs is 1. The van der Waals surface area contributed by atoms with Gasteiger partial charge in [0.15, 0.2) is 11.3 Å². The SMILES string of the molecule is COc1cccc2cc(C(N)=O)c(=Nc3ccccc3C(F)(F)F)oc12. The Labute approximate surface area is 145 Å². The number of hydrogen-bond donors (Lipinski definition) is 1. The summed E-state index contributed by atoms with van der Waals surface area (Å²) in [5, 5.41) is 0.501. The van der Waals surface area contributed by atoms with Crippen molar-refractivity contribution in [1.29, 1.82) is 0 Å². The highest BCUT2D eigenvalue weighted by Gasteiger charge is 2.33. The lowest BCUT2D eigenvalue weighted by atomic mass is 10.1. The van der Waals surface area contributed by atoms with Gasteiger partial charge in [0.2, 0.25) is 5.55 Å². The minimum atomic E-state index is -4.61. The van der Waals surface area contributed by atoms with E-state index in [1.807, 2.05) is 0 Å². The minimum Gasteiger partial charge on any atom is -0.493 e. The number of para-hydroxylation sites is 2. The zero-order valence-corrected chi connectivity index (χ0v) is 13.5. The molecule has 0 bridgehead atoms. The van der Waals surface area contributed by atoms with E-state index in [-0.39, 0.29) is 22.4 Å². The first kappa shape index (κ1) is 17.5. The summed E-state index contributed by atoms with van der Waals surface area (Å²) >= 11 is 0. The topological polar surface area (TPSA) is 77.8 Å². The van der Waals surface area contributed by atoms with Crippen LogP contribution in [0, 0.1) is 0 Å². The van der Waals surface area contributed by atoms with Crippen LogP contribution < -0.4 is 16.0 Å². The van der Waals surface area contributed by atoms with Crippen LogP contribution >= 0.6 is 0 Å². The van der Waals surface area contributed by atoms with E-state index >= 15 is 0 Å². The third kappa shape index (κ3) is 3.26. The number of nitrogens with two attached hydrogens (primary N) is 1. The van der Waals surface area contributed by atoms with E-state index in [2.05, 4.69) is 4.99 Å². The Kier molecular flexibility index (Phi) is 4.41. The number of nitrogens with zero attached hydrogens (tertiary/aromatic N) is 1. The third-order valence-electron chi connectivity index (χ3n) is 3.66. The summed E-state index contributed by atoms with van der Waals surface area (Å²) in [6.07, 6.45) is -4.61. The van der Waals surface area contributed by atoms with Gasteiger partial charge in [-0.1, -0.05) is 24.3 Å². The number of methoxy groups -OCH3 is 1. The minimum absolute atomic E-state index is 0.136. The van der Waals surface area contributed by atoms with Crippen molar-refractivity contribution in [2.45, 2.75) is 6.18 Å². The van der Waals surface area contributed by atoms with Crippen molar-refractivity contribution in [3.8, 4) is 5.75 Å². The van der Waals surface area contributed by atoms with Crippen molar-refractivity contribution in [1.82, 2.24) is 0 Å². The molecule has 3 aromatic rings. The molecular weight excluding hydrogens is 349 g/mol. The predicted molar refractivity (Wildman–Crippen MR) is 88.0 cm³/mol. The van der Waals surface area contributed by atoms with Crippen molar-refractivity contribution in [2.24, 2.45) is 10.7 Å². The molecule has 1 heterocycles. The maximum absolute atomic E-state index is 13.2. The van der Waals surface area contributed by atoms with Crippen molar-refractivity contribution in [3.63, 3.8) is 0 Å². The Bertz CT molecular complexity index is 1060. The Balaban J connectivity index is 2.36. The van der Waals surface area contributed by atoms with E-state index in [9.17, 15) is 18.0 Å². The van der Waals surface area contributed by atoms with Gasteiger partial charge in [-0.15, -0.1) is 0 Å². The molecule has 0 fully saturated rings. The molecule has 2 N–H and O–H groups in total. The third-order valence-corrected chi connectivity index (χ3v) is 3.66. The first-order valence-corrected chi connectivity index (χ1v) is 7.43. The molecule has 0 aliphatic carbocycles. The van der Waals surface area contributed by atoms with Crippen LogP contribution in [0.4, 0.5) is 18.9 Å². The second kappa shape index (κ2) is 6.55. The molecule has 134 valence electrons. The highest BCUT2D eigenvalue weighted by Crippen LogP contribution is 2.36. The lowest BCUT2D eigenvalue weighted by Crippen LogP contribution is -2.22. The van der Waals surface area contributed by atoms with Crippen LogP contribution in [0.2, 0.25) is 0 Å². The van der Waals surface area contributed by atoms with Crippen LogP contribution in [0.25, 0.3) is 11.0 Å². The Morgan fingerprint density at radius 1 is 1.15 bits per heavy atom. The van der Waals surface area contributed by atoms with E-state index in [1.165, 1.54) is 31.4 Å². The fourth-order valence-corrected chi connectivity index (χ4v) is 2.47. The Morgan fingerprint density at radius 2 is 1.88 bits per heavy atom. The zero-order valence-electron chi connectivity index (χ0n) is 13.5. The molecule has 0 aliphatic rings. The summed E-state index contributed by atoms with van der Waals surface area (Å²) in [6, 6.07) is 11.1. The first-order valence-electron chi connectivity index (χ1n) is 7.43. The number of carbonyl (C=O) groups excluding carboxylic acids is 1. The fraction of sp³-hybridized carbons (Fsp3) is 0.111. The lowest BCUT2D eigenvalue weighted by molar-refractivity contribution is -0.137.